The molecule has 0 heterocycles. The highest BCUT2D eigenvalue weighted by Crippen LogP contribution is 2.27. The van der Waals surface area contributed by atoms with Crippen molar-refractivity contribution < 1.29 is 34.3 Å². The van der Waals surface area contributed by atoms with E-state index in [0.717, 1.165) is 33.8 Å². The summed E-state index contributed by atoms with van der Waals surface area (Å²) in [7, 11) is 6.45. The first-order chi connectivity index (χ1) is 18.8. The molecule has 4 aromatic carbocycles. The second kappa shape index (κ2) is 14.0. The molecule has 0 amide bonds. The van der Waals surface area contributed by atoms with Gasteiger partial charge in [0.2, 0.25) is 0 Å². The topological polar surface area (TPSA) is 97.6 Å². The second-order valence-corrected chi connectivity index (χ2v) is 8.30. The minimum absolute atomic E-state index is 0.134. The first kappa shape index (κ1) is 28.5. The van der Waals surface area contributed by atoms with E-state index in [0.29, 0.717) is 11.5 Å². The van der Waals surface area contributed by atoms with Gasteiger partial charge in [-0.05, 0) is 70.8 Å². The monoisotopic (exact) mass is 528 g/mol. The van der Waals surface area contributed by atoms with Gasteiger partial charge in [0.15, 0.2) is 11.5 Å². The van der Waals surface area contributed by atoms with Crippen LogP contribution in [0.2, 0.25) is 0 Å². The van der Waals surface area contributed by atoms with Gasteiger partial charge in [-0.2, -0.15) is 0 Å². The molecule has 3 N–H and O–H groups in total. The first-order valence-electron chi connectivity index (χ1n) is 12.0. The Morgan fingerprint density at radius 3 is 1.21 bits per heavy atom. The van der Waals surface area contributed by atoms with Crippen LogP contribution in [-0.2, 0) is 0 Å². The molecule has 4 rings (SSSR count). The number of hydrogen-bond donors (Lipinski definition) is 3. The molecular formula is C32H32O7. The van der Waals surface area contributed by atoms with Gasteiger partial charge in [0.05, 0.1) is 28.4 Å². The van der Waals surface area contributed by atoms with Crippen molar-refractivity contribution in [2.75, 3.05) is 28.4 Å². The third kappa shape index (κ3) is 8.79. The highest BCUT2D eigenvalue weighted by atomic mass is 16.5. The van der Waals surface area contributed by atoms with E-state index in [9.17, 15) is 15.3 Å². The molecule has 0 saturated carbocycles. The quantitative estimate of drug-likeness (QED) is 0.170. The summed E-state index contributed by atoms with van der Waals surface area (Å²) in [6.45, 7) is 0. The second-order valence-electron chi connectivity index (χ2n) is 8.30. The minimum atomic E-state index is -0.143. The van der Waals surface area contributed by atoms with Crippen LogP contribution in [0.5, 0.6) is 40.2 Å². The summed E-state index contributed by atoms with van der Waals surface area (Å²) >= 11 is 0. The number of ether oxygens (including phenoxy) is 4. The van der Waals surface area contributed by atoms with Crippen LogP contribution in [0.3, 0.4) is 0 Å². The van der Waals surface area contributed by atoms with Crippen molar-refractivity contribution >= 4 is 24.3 Å². The standard InChI is InChI=1S/C16H16O4.C16H16O3/c1-19-13-7-12(8-14(10-13)20-2)4-3-11-5-6-15(17)16(18)9-11;1-18-15-9-13(10-16(11-15)19-2)4-3-12-5-7-14(17)8-6-12/h3-10,17-18H,1-2H3;3-11,17H,1-2H3/b2*4-3+. The van der Waals surface area contributed by atoms with Crippen molar-refractivity contribution in [3.63, 3.8) is 0 Å². The van der Waals surface area contributed by atoms with Gasteiger partial charge in [0.1, 0.15) is 28.7 Å². The minimum Gasteiger partial charge on any atom is -0.508 e. The van der Waals surface area contributed by atoms with Crippen molar-refractivity contribution in [1.82, 2.24) is 0 Å². The number of phenolic OH excluding ortho intramolecular Hbond substituents is 3. The van der Waals surface area contributed by atoms with Crippen molar-refractivity contribution in [2.24, 2.45) is 0 Å². The van der Waals surface area contributed by atoms with Crippen LogP contribution < -0.4 is 18.9 Å². The van der Waals surface area contributed by atoms with E-state index in [1.165, 1.54) is 12.1 Å². The molecule has 0 aliphatic rings. The zero-order chi connectivity index (χ0) is 28.2. The molecule has 7 heteroatoms. The molecule has 0 saturated heterocycles. The molecule has 0 aliphatic heterocycles. The Morgan fingerprint density at radius 2 is 0.795 bits per heavy atom. The highest BCUT2D eigenvalue weighted by Gasteiger charge is 2.01. The van der Waals surface area contributed by atoms with Gasteiger partial charge < -0.3 is 34.3 Å². The molecule has 0 spiro atoms. The van der Waals surface area contributed by atoms with Gasteiger partial charge in [-0.15, -0.1) is 0 Å². The lowest BCUT2D eigenvalue weighted by atomic mass is 10.1. The third-order valence-electron chi connectivity index (χ3n) is 5.58. The van der Waals surface area contributed by atoms with Crippen LogP contribution in [0.1, 0.15) is 22.3 Å². The van der Waals surface area contributed by atoms with Crippen LogP contribution in [0, 0.1) is 0 Å². The summed E-state index contributed by atoms with van der Waals surface area (Å²) in [5, 5.41) is 27.9. The summed E-state index contributed by atoms with van der Waals surface area (Å²) in [5.41, 5.74) is 3.69. The van der Waals surface area contributed by atoms with Gasteiger partial charge in [0.25, 0.3) is 0 Å². The molecule has 0 atom stereocenters. The Labute approximate surface area is 228 Å². The summed E-state index contributed by atoms with van der Waals surface area (Å²) in [6.07, 6.45) is 7.63. The van der Waals surface area contributed by atoms with E-state index in [2.05, 4.69) is 0 Å². The van der Waals surface area contributed by atoms with E-state index >= 15 is 0 Å². The molecule has 0 unspecified atom stereocenters. The summed E-state index contributed by atoms with van der Waals surface area (Å²) in [6, 6.07) is 22.9. The Balaban J connectivity index is 0.000000216. The fraction of sp³-hybridized carbons (Fsp3) is 0.125. The van der Waals surface area contributed by atoms with E-state index in [4.69, 9.17) is 18.9 Å². The molecule has 0 aliphatic carbocycles. The number of rotatable bonds is 8. The molecule has 4 aromatic rings. The Bertz CT molecular complexity index is 1380. The third-order valence-corrected chi connectivity index (χ3v) is 5.58. The summed E-state index contributed by atoms with van der Waals surface area (Å²) < 4.78 is 20.8. The molecule has 0 aromatic heterocycles. The Kier molecular flexibility index (Phi) is 10.3. The first-order valence-corrected chi connectivity index (χ1v) is 12.0. The molecule has 0 fully saturated rings. The predicted molar refractivity (Wildman–Crippen MR) is 155 cm³/mol. The maximum Gasteiger partial charge on any atom is 0.157 e. The lowest BCUT2D eigenvalue weighted by Gasteiger charge is -2.05. The largest absolute Gasteiger partial charge is 0.508 e. The van der Waals surface area contributed by atoms with Crippen molar-refractivity contribution in [3.8, 4) is 40.2 Å². The summed E-state index contributed by atoms with van der Waals surface area (Å²) in [5.74, 6) is 2.91. The van der Waals surface area contributed by atoms with Crippen LogP contribution >= 0.6 is 0 Å². The van der Waals surface area contributed by atoms with Crippen LogP contribution in [0.15, 0.2) is 78.9 Å². The molecule has 39 heavy (non-hydrogen) atoms. The Morgan fingerprint density at radius 1 is 0.410 bits per heavy atom. The van der Waals surface area contributed by atoms with Crippen molar-refractivity contribution in [2.45, 2.75) is 0 Å². The molecule has 0 radical (unpaired) electrons. The number of hydrogen-bond acceptors (Lipinski definition) is 7. The van der Waals surface area contributed by atoms with Gasteiger partial charge in [-0.1, -0.05) is 42.5 Å². The maximum absolute atomic E-state index is 9.44. The Hall–Kier alpha value is -5.04. The fourth-order valence-electron chi connectivity index (χ4n) is 3.47. The van der Waals surface area contributed by atoms with Gasteiger partial charge in [0, 0.05) is 12.1 Å². The average Bonchev–Trinajstić information content (AvgIpc) is 2.97. The number of benzene rings is 4. The van der Waals surface area contributed by atoms with Gasteiger partial charge in [-0.25, -0.2) is 0 Å². The predicted octanol–water partition coefficient (Wildman–Crippen LogP) is 6.87. The van der Waals surface area contributed by atoms with E-state index in [-0.39, 0.29) is 17.2 Å². The maximum atomic E-state index is 9.44. The lowest BCUT2D eigenvalue weighted by Crippen LogP contribution is -1.88. The number of aromatic hydroxyl groups is 3. The molecule has 0 bridgehead atoms. The van der Waals surface area contributed by atoms with Crippen LogP contribution in [-0.4, -0.2) is 43.8 Å². The zero-order valence-electron chi connectivity index (χ0n) is 22.3. The van der Waals surface area contributed by atoms with Gasteiger partial charge in [-0.3, -0.25) is 0 Å². The van der Waals surface area contributed by atoms with E-state index in [1.54, 1.807) is 52.7 Å². The van der Waals surface area contributed by atoms with Crippen molar-refractivity contribution in [1.29, 1.82) is 0 Å². The fourth-order valence-corrected chi connectivity index (χ4v) is 3.47. The van der Waals surface area contributed by atoms with Crippen molar-refractivity contribution in [3.05, 3.63) is 101 Å². The smallest absolute Gasteiger partial charge is 0.157 e. The normalized spacial score (nSPS) is 10.7. The SMILES string of the molecule is COc1cc(/C=C/c2ccc(O)c(O)c2)cc(OC)c1.COc1cc(/C=C/c2ccc(O)cc2)cc(OC)c1. The summed E-state index contributed by atoms with van der Waals surface area (Å²) in [4.78, 5) is 0. The highest BCUT2D eigenvalue weighted by molar-refractivity contribution is 5.72. The van der Waals surface area contributed by atoms with E-state index < -0.39 is 0 Å². The van der Waals surface area contributed by atoms with E-state index in [1.807, 2.05) is 66.8 Å². The molecular weight excluding hydrogens is 496 g/mol. The number of methoxy groups -OCH3 is 4. The number of phenols is 3. The zero-order valence-corrected chi connectivity index (χ0v) is 22.3. The molecule has 202 valence electrons. The molecule has 7 nitrogen and oxygen atoms in total. The van der Waals surface area contributed by atoms with Gasteiger partial charge >= 0.3 is 0 Å². The van der Waals surface area contributed by atoms with Crippen LogP contribution in [0.4, 0.5) is 0 Å². The lowest BCUT2D eigenvalue weighted by molar-refractivity contribution is 0.394. The van der Waals surface area contributed by atoms with Crippen LogP contribution in [0.25, 0.3) is 24.3 Å². The average molecular weight is 529 g/mol.